The highest BCUT2D eigenvalue weighted by atomic mass is 14.3. The predicted octanol–water partition coefficient (Wildman–Crippen LogP) is 6.93. The highest BCUT2D eigenvalue weighted by molar-refractivity contribution is 6.05. The minimum Gasteiger partial charge on any atom is -0.192 e. The van der Waals surface area contributed by atoms with Crippen LogP contribution < -0.4 is 0 Å². The minimum absolute atomic E-state index is 0.662. The van der Waals surface area contributed by atoms with E-state index in [1.54, 1.807) is 0 Å². The predicted molar refractivity (Wildman–Crippen MR) is 116 cm³/mol. The van der Waals surface area contributed by atoms with E-state index in [4.69, 9.17) is 0 Å². The highest BCUT2D eigenvalue weighted by Crippen LogP contribution is 2.47. The van der Waals surface area contributed by atoms with Crippen molar-refractivity contribution < 1.29 is 0 Å². The van der Waals surface area contributed by atoms with E-state index in [1.165, 1.54) is 16.7 Å². The number of hydrogen-bond donors (Lipinski definition) is 0. The van der Waals surface area contributed by atoms with Crippen LogP contribution in [0.5, 0.6) is 0 Å². The molecule has 0 bridgehead atoms. The summed E-state index contributed by atoms with van der Waals surface area (Å²) in [6, 6.07) is 33.4. The van der Waals surface area contributed by atoms with Crippen LogP contribution in [0.15, 0.2) is 97.6 Å². The summed E-state index contributed by atoms with van der Waals surface area (Å²) in [6.07, 6.45) is 0. The van der Waals surface area contributed by atoms with Crippen molar-refractivity contribution in [2.24, 2.45) is 0 Å². The molecule has 0 aliphatic heterocycles. The summed E-state index contributed by atoms with van der Waals surface area (Å²) >= 11 is 0. The third-order valence-electron chi connectivity index (χ3n) is 5.39. The molecule has 1 heteroatoms. The largest absolute Gasteiger partial charge is 0.192 e. The molecule has 28 heavy (non-hydrogen) atoms. The molecule has 4 aromatic rings. The quantitative estimate of drug-likeness (QED) is 0.337. The molecular formula is C27H17N. The molecule has 0 heterocycles. The highest BCUT2D eigenvalue weighted by Gasteiger charge is 2.24. The van der Waals surface area contributed by atoms with Gasteiger partial charge < -0.3 is 0 Å². The van der Waals surface area contributed by atoms with Crippen LogP contribution in [0.2, 0.25) is 0 Å². The Bertz CT molecular complexity index is 1270. The van der Waals surface area contributed by atoms with E-state index in [-0.39, 0.29) is 0 Å². The number of rotatable bonds is 2. The summed E-state index contributed by atoms with van der Waals surface area (Å²) < 4.78 is 0. The van der Waals surface area contributed by atoms with Crippen molar-refractivity contribution in [3.05, 3.63) is 114 Å². The van der Waals surface area contributed by atoms with Crippen molar-refractivity contribution in [1.29, 1.82) is 5.26 Å². The fourth-order valence-electron chi connectivity index (χ4n) is 4.10. The molecular weight excluding hydrogens is 338 g/mol. The van der Waals surface area contributed by atoms with Gasteiger partial charge in [0.2, 0.25) is 0 Å². The molecule has 0 N–H and O–H groups in total. The van der Waals surface area contributed by atoms with Crippen LogP contribution in [0.4, 0.5) is 0 Å². The molecule has 5 rings (SSSR count). The number of benzene rings is 4. The van der Waals surface area contributed by atoms with Crippen molar-refractivity contribution in [3.63, 3.8) is 0 Å². The first-order chi connectivity index (χ1) is 13.8. The average Bonchev–Trinajstić information content (AvgIpc) is 3.07. The molecule has 130 valence electrons. The molecule has 0 spiro atoms. The van der Waals surface area contributed by atoms with E-state index in [1.807, 2.05) is 30.3 Å². The Morgan fingerprint density at radius 3 is 2.00 bits per heavy atom. The lowest BCUT2D eigenvalue weighted by molar-refractivity contribution is 1.47. The Labute approximate surface area is 164 Å². The maximum atomic E-state index is 9.60. The summed E-state index contributed by atoms with van der Waals surface area (Å²) in [4.78, 5) is 0. The summed E-state index contributed by atoms with van der Waals surface area (Å²) in [5, 5.41) is 9.60. The van der Waals surface area contributed by atoms with Crippen molar-refractivity contribution >= 4 is 5.57 Å². The first kappa shape index (κ1) is 16.3. The molecule has 0 saturated heterocycles. The summed E-state index contributed by atoms with van der Waals surface area (Å²) in [6.45, 7) is 4.38. The summed E-state index contributed by atoms with van der Waals surface area (Å²) in [7, 11) is 0. The molecule has 0 atom stereocenters. The van der Waals surface area contributed by atoms with Gasteiger partial charge >= 0.3 is 0 Å². The molecule has 1 aliphatic carbocycles. The Hall–Kier alpha value is -3.89. The maximum Gasteiger partial charge on any atom is 0.0992 e. The van der Waals surface area contributed by atoms with Gasteiger partial charge in [-0.15, -0.1) is 0 Å². The van der Waals surface area contributed by atoms with E-state index in [0.717, 1.165) is 33.4 Å². The molecule has 0 amide bonds. The monoisotopic (exact) mass is 355 g/mol. The molecule has 0 saturated carbocycles. The van der Waals surface area contributed by atoms with E-state index >= 15 is 0 Å². The molecule has 1 aliphatic rings. The molecule has 0 unspecified atom stereocenters. The van der Waals surface area contributed by atoms with Gasteiger partial charge in [0, 0.05) is 0 Å². The van der Waals surface area contributed by atoms with Crippen LogP contribution in [0.25, 0.3) is 39.0 Å². The Morgan fingerprint density at radius 1 is 0.571 bits per heavy atom. The third kappa shape index (κ3) is 2.47. The molecule has 0 aromatic heterocycles. The van der Waals surface area contributed by atoms with Crippen molar-refractivity contribution in [3.8, 4) is 39.4 Å². The second kappa shape index (κ2) is 6.37. The van der Waals surface area contributed by atoms with Gasteiger partial charge in [-0.1, -0.05) is 79.4 Å². The van der Waals surface area contributed by atoms with Crippen LogP contribution in [-0.4, -0.2) is 0 Å². The third-order valence-corrected chi connectivity index (χ3v) is 5.39. The lowest BCUT2D eigenvalue weighted by atomic mass is 9.91. The van der Waals surface area contributed by atoms with E-state index in [9.17, 15) is 5.26 Å². The van der Waals surface area contributed by atoms with Crippen LogP contribution in [0.1, 0.15) is 16.7 Å². The molecule has 1 nitrogen and oxygen atoms in total. The van der Waals surface area contributed by atoms with Gasteiger partial charge in [0.25, 0.3) is 0 Å². The zero-order chi connectivity index (χ0) is 19.1. The Balaban J connectivity index is 1.75. The average molecular weight is 355 g/mol. The number of hydrogen-bond acceptors (Lipinski definition) is 1. The van der Waals surface area contributed by atoms with E-state index < -0.39 is 0 Å². The van der Waals surface area contributed by atoms with Crippen LogP contribution in [0.3, 0.4) is 0 Å². The number of nitrogens with zero attached hydrogens (tertiary/aromatic N) is 1. The van der Waals surface area contributed by atoms with Crippen molar-refractivity contribution in [2.75, 3.05) is 0 Å². The van der Waals surface area contributed by atoms with Crippen molar-refractivity contribution in [1.82, 2.24) is 0 Å². The smallest absolute Gasteiger partial charge is 0.0992 e. The Kier molecular flexibility index (Phi) is 3.71. The van der Waals surface area contributed by atoms with Crippen molar-refractivity contribution in [2.45, 2.75) is 0 Å². The maximum absolute atomic E-state index is 9.60. The zero-order valence-electron chi connectivity index (χ0n) is 15.3. The van der Waals surface area contributed by atoms with Gasteiger partial charge in [0.1, 0.15) is 0 Å². The van der Waals surface area contributed by atoms with Crippen LogP contribution in [0, 0.1) is 11.3 Å². The summed E-state index contributed by atoms with van der Waals surface area (Å²) in [5.74, 6) is 0. The van der Waals surface area contributed by atoms with Gasteiger partial charge in [0.15, 0.2) is 0 Å². The van der Waals surface area contributed by atoms with Gasteiger partial charge in [-0.05, 0) is 68.3 Å². The minimum atomic E-state index is 0.662. The molecule has 4 aromatic carbocycles. The van der Waals surface area contributed by atoms with Crippen LogP contribution >= 0.6 is 0 Å². The topological polar surface area (TPSA) is 23.8 Å². The second-order valence-electron chi connectivity index (χ2n) is 7.03. The van der Waals surface area contributed by atoms with E-state index in [0.29, 0.717) is 5.56 Å². The number of nitriles is 1. The first-order valence-electron chi connectivity index (χ1n) is 9.29. The van der Waals surface area contributed by atoms with Crippen LogP contribution in [-0.2, 0) is 0 Å². The van der Waals surface area contributed by atoms with Gasteiger partial charge in [-0.2, -0.15) is 5.26 Å². The lowest BCUT2D eigenvalue weighted by Gasteiger charge is -2.12. The molecule has 0 radical (unpaired) electrons. The molecule has 0 fully saturated rings. The van der Waals surface area contributed by atoms with Gasteiger partial charge in [-0.3, -0.25) is 0 Å². The normalized spacial score (nSPS) is 11.6. The SMILES string of the molecule is C=C1c2ccccc2-c2cccc(-c3cc(C#N)cc(-c4ccccc4)c3)c21. The standard InChI is InChI=1S/C27H17N/c1-18-23-10-5-6-11-25(23)26-13-7-12-24(27(18)26)22-15-19(17-28)14-21(16-22)20-8-3-2-4-9-20/h2-16H,1H2. The first-order valence-corrected chi connectivity index (χ1v) is 9.29. The van der Waals surface area contributed by atoms with Gasteiger partial charge in [-0.25, -0.2) is 0 Å². The number of fused-ring (bicyclic) bond motifs is 3. The lowest BCUT2D eigenvalue weighted by Crippen LogP contribution is -1.90. The zero-order valence-corrected chi connectivity index (χ0v) is 15.3. The summed E-state index contributed by atoms with van der Waals surface area (Å²) in [5.41, 5.74) is 10.8. The fraction of sp³-hybridized carbons (Fsp3) is 0. The Morgan fingerprint density at radius 2 is 1.21 bits per heavy atom. The van der Waals surface area contributed by atoms with Gasteiger partial charge in [0.05, 0.1) is 11.6 Å². The van der Waals surface area contributed by atoms with E-state index in [2.05, 4.69) is 73.3 Å². The second-order valence-corrected chi connectivity index (χ2v) is 7.03. The fourth-order valence-corrected chi connectivity index (χ4v) is 4.10.